The zero-order valence-electron chi connectivity index (χ0n) is 6.11. The van der Waals surface area contributed by atoms with Crippen LogP contribution in [-0.2, 0) is 6.54 Å². The Bertz CT molecular complexity index is 238. The fourth-order valence-electron chi connectivity index (χ4n) is 0.565. The summed E-state index contributed by atoms with van der Waals surface area (Å²) in [5.74, 6) is 0. The molecule has 1 heterocycles. The molecule has 1 rings (SSSR count). The van der Waals surface area contributed by atoms with Crippen molar-refractivity contribution in [2.75, 3.05) is 0 Å². The van der Waals surface area contributed by atoms with Gasteiger partial charge < -0.3 is 0 Å². The van der Waals surface area contributed by atoms with Crippen molar-refractivity contribution in [3.8, 4) is 6.07 Å². The van der Waals surface area contributed by atoms with Gasteiger partial charge in [-0.05, 0) is 18.5 Å². The fraction of sp³-hybridized carbons (Fsp3) is 0.500. The van der Waals surface area contributed by atoms with Gasteiger partial charge in [-0.15, -0.1) is 5.10 Å². The molecule has 0 aliphatic heterocycles. The van der Waals surface area contributed by atoms with Crippen molar-refractivity contribution in [1.82, 2.24) is 14.9 Å². The van der Waals surface area contributed by atoms with Crippen LogP contribution in [0.3, 0.4) is 0 Å². The van der Waals surface area contributed by atoms with E-state index in [-0.39, 0.29) is 6.04 Å². The third-order valence-corrected chi connectivity index (χ3v) is 1.84. The fourth-order valence-corrected chi connectivity index (χ4v) is 1.01. The smallest absolute Gasteiger partial charge is 0.0927 e. The van der Waals surface area contributed by atoms with Crippen LogP contribution < -0.4 is 5.32 Å². The number of nitrogens with one attached hydrogen (secondary N) is 1. The second-order valence-corrected chi connectivity index (χ2v) is 2.99. The molecule has 1 aromatic heterocycles. The Kier molecular flexibility index (Phi) is 2.95. The summed E-state index contributed by atoms with van der Waals surface area (Å²) in [6.07, 6.45) is 1.70. The zero-order chi connectivity index (χ0) is 8.10. The number of hydrogen-bond donors (Lipinski definition) is 1. The van der Waals surface area contributed by atoms with Crippen molar-refractivity contribution < 1.29 is 0 Å². The van der Waals surface area contributed by atoms with Crippen LogP contribution >= 0.6 is 11.5 Å². The first kappa shape index (κ1) is 8.11. The first-order valence-corrected chi connectivity index (χ1v) is 3.99. The molecule has 1 aromatic rings. The number of nitriles is 1. The summed E-state index contributed by atoms with van der Waals surface area (Å²) in [5.41, 5.74) is 0. The van der Waals surface area contributed by atoms with Gasteiger partial charge in [0.25, 0.3) is 0 Å². The van der Waals surface area contributed by atoms with Gasteiger partial charge in [0, 0.05) is 6.54 Å². The summed E-state index contributed by atoms with van der Waals surface area (Å²) >= 11 is 1.34. The molecule has 0 spiro atoms. The summed E-state index contributed by atoms with van der Waals surface area (Å²) < 4.78 is 3.69. The Balaban J connectivity index is 2.30. The Morgan fingerprint density at radius 1 is 1.91 bits per heavy atom. The maximum atomic E-state index is 8.42. The maximum Gasteiger partial charge on any atom is 0.0927 e. The van der Waals surface area contributed by atoms with Crippen LogP contribution in [0, 0.1) is 11.3 Å². The van der Waals surface area contributed by atoms with Crippen LogP contribution in [0.25, 0.3) is 0 Å². The van der Waals surface area contributed by atoms with E-state index in [9.17, 15) is 0 Å². The van der Waals surface area contributed by atoms with Crippen molar-refractivity contribution in [3.63, 3.8) is 0 Å². The van der Waals surface area contributed by atoms with E-state index in [4.69, 9.17) is 5.26 Å². The third kappa shape index (κ3) is 2.62. The summed E-state index contributed by atoms with van der Waals surface area (Å²) in [7, 11) is 0. The van der Waals surface area contributed by atoms with Crippen LogP contribution in [0.5, 0.6) is 0 Å². The lowest BCUT2D eigenvalue weighted by Crippen LogP contribution is -2.22. The Morgan fingerprint density at radius 3 is 3.27 bits per heavy atom. The van der Waals surface area contributed by atoms with Gasteiger partial charge in [0.1, 0.15) is 0 Å². The van der Waals surface area contributed by atoms with Gasteiger partial charge in [0.2, 0.25) is 0 Å². The number of nitrogens with zero attached hydrogens (tertiary/aromatic N) is 3. The standard InChI is InChI=1S/C6H8N4S/c1-5(2-7)8-3-6-4-9-10-11-6/h4-5,8H,3H2,1H3. The zero-order valence-corrected chi connectivity index (χ0v) is 6.93. The van der Waals surface area contributed by atoms with E-state index in [0.717, 1.165) is 4.88 Å². The average Bonchev–Trinajstić information content (AvgIpc) is 2.52. The van der Waals surface area contributed by atoms with Crippen LogP contribution in [-0.4, -0.2) is 15.6 Å². The molecular weight excluding hydrogens is 160 g/mol. The van der Waals surface area contributed by atoms with Gasteiger partial charge in [0.15, 0.2) is 0 Å². The van der Waals surface area contributed by atoms with E-state index in [1.165, 1.54) is 11.5 Å². The minimum absolute atomic E-state index is 0.114. The molecule has 0 amide bonds. The highest BCUT2D eigenvalue weighted by Crippen LogP contribution is 2.00. The van der Waals surface area contributed by atoms with Crippen molar-refractivity contribution in [2.45, 2.75) is 19.5 Å². The molecule has 5 heteroatoms. The van der Waals surface area contributed by atoms with E-state index in [0.29, 0.717) is 6.54 Å². The number of aromatic nitrogens is 2. The summed E-state index contributed by atoms with van der Waals surface area (Å²) in [4.78, 5) is 1.05. The lowest BCUT2D eigenvalue weighted by atomic mass is 10.4. The molecule has 0 saturated carbocycles. The maximum absolute atomic E-state index is 8.42. The molecule has 0 aromatic carbocycles. The largest absolute Gasteiger partial charge is 0.297 e. The highest BCUT2D eigenvalue weighted by atomic mass is 32.1. The van der Waals surface area contributed by atoms with Gasteiger partial charge in [-0.3, -0.25) is 5.32 Å². The number of hydrogen-bond acceptors (Lipinski definition) is 5. The molecule has 1 unspecified atom stereocenters. The van der Waals surface area contributed by atoms with Gasteiger partial charge in [0.05, 0.1) is 23.2 Å². The summed E-state index contributed by atoms with van der Waals surface area (Å²) in [6.45, 7) is 2.49. The van der Waals surface area contributed by atoms with Crippen molar-refractivity contribution in [2.24, 2.45) is 0 Å². The molecule has 0 fully saturated rings. The average molecular weight is 168 g/mol. The lowest BCUT2D eigenvalue weighted by Gasteiger charge is -2.01. The van der Waals surface area contributed by atoms with Crippen LogP contribution in [0.4, 0.5) is 0 Å². The summed E-state index contributed by atoms with van der Waals surface area (Å²) in [5, 5.41) is 15.1. The van der Waals surface area contributed by atoms with Crippen LogP contribution in [0.15, 0.2) is 6.20 Å². The first-order chi connectivity index (χ1) is 5.33. The molecule has 0 aliphatic rings. The quantitative estimate of drug-likeness (QED) is 0.715. The molecule has 0 bridgehead atoms. The molecule has 0 saturated heterocycles. The Morgan fingerprint density at radius 2 is 2.73 bits per heavy atom. The van der Waals surface area contributed by atoms with Gasteiger partial charge in [-0.1, -0.05) is 4.49 Å². The molecule has 1 N–H and O–H groups in total. The van der Waals surface area contributed by atoms with Crippen LogP contribution in [0.1, 0.15) is 11.8 Å². The minimum Gasteiger partial charge on any atom is -0.297 e. The van der Waals surface area contributed by atoms with E-state index in [1.54, 1.807) is 6.20 Å². The Hall–Kier alpha value is -0.990. The normalized spacial score (nSPS) is 12.4. The van der Waals surface area contributed by atoms with Crippen molar-refractivity contribution in [3.05, 3.63) is 11.1 Å². The van der Waals surface area contributed by atoms with Crippen molar-refractivity contribution in [1.29, 1.82) is 5.26 Å². The van der Waals surface area contributed by atoms with E-state index in [1.807, 2.05) is 6.92 Å². The highest BCUT2D eigenvalue weighted by Gasteiger charge is 1.99. The molecule has 11 heavy (non-hydrogen) atoms. The minimum atomic E-state index is -0.114. The summed E-state index contributed by atoms with van der Waals surface area (Å²) in [6, 6.07) is 1.97. The number of rotatable bonds is 3. The van der Waals surface area contributed by atoms with E-state index >= 15 is 0 Å². The molecule has 0 radical (unpaired) electrons. The van der Waals surface area contributed by atoms with E-state index in [2.05, 4.69) is 21.0 Å². The molecule has 4 nitrogen and oxygen atoms in total. The van der Waals surface area contributed by atoms with Gasteiger partial charge >= 0.3 is 0 Å². The van der Waals surface area contributed by atoms with Crippen LogP contribution in [0.2, 0.25) is 0 Å². The monoisotopic (exact) mass is 168 g/mol. The lowest BCUT2D eigenvalue weighted by molar-refractivity contribution is 0.647. The second-order valence-electron chi connectivity index (χ2n) is 2.12. The first-order valence-electron chi connectivity index (χ1n) is 3.22. The Labute approximate surface area is 69.0 Å². The molecule has 58 valence electrons. The second kappa shape index (κ2) is 4.01. The molecule has 0 aliphatic carbocycles. The molecule has 1 atom stereocenters. The van der Waals surface area contributed by atoms with E-state index < -0.39 is 0 Å². The third-order valence-electron chi connectivity index (χ3n) is 1.18. The highest BCUT2D eigenvalue weighted by molar-refractivity contribution is 7.05. The molecular formula is C6H8N4S. The van der Waals surface area contributed by atoms with Gasteiger partial charge in [-0.25, -0.2) is 0 Å². The van der Waals surface area contributed by atoms with Gasteiger partial charge in [-0.2, -0.15) is 5.26 Å². The predicted octanol–water partition coefficient (Wildman–Crippen LogP) is 0.540. The predicted molar refractivity (Wildman–Crippen MR) is 41.8 cm³/mol. The van der Waals surface area contributed by atoms with Crippen molar-refractivity contribution >= 4 is 11.5 Å². The topological polar surface area (TPSA) is 61.6 Å². The SMILES string of the molecule is CC(C#N)NCc1cnns1.